The van der Waals surface area contributed by atoms with E-state index in [1.807, 2.05) is 0 Å². The van der Waals surface area contributed by atoms with Crippen LogP contribution in [-0.2, 0) is 23.9 Å². The van der Waals surface area contributed by atoms with Crippen LogP contribution in [0.5, 0.6) is 0 Å². The molecule has 0 saturated heterocycles. The highest BCUT2D eigenvalue weighted by atomic mass is 16.5. The van der Waals surface area contributed by atoms with E-state index in [1.54, 1.807) is 6.92 Å². The molecule has 0 heterocycles. The van der Waals surface area contributed by atoms with Gasteiger partial charge >= 0.3 is 11.9 Å². The molecule has 0 aliphatic heterocycles. The summed E-state index contributed by atoms with van der Waals surface area (Å²) < 4.78 is 10.2. The van der Waals surface area contributed by atoms with Gasteiger partial charge in [-0.05, 0) is 19.3 Å². The van der Waals surface area contributed by atoms with Crippen LogP contribution in [0.25, 0.3) is 0 Å². The molecule has 2 aliphatic rings. The number of rotatable bonds is 6. The average Bonchev–Trinajstić information content (AvgIpc) is 2.67. The fourth-order valence-corrected chi connectivity index (χ4v) is 4.74. The van der Waals surface area contributed by atoms with E-state index in [-0.39, 0.29) is 17.6 Å². The smallest absolute Gasteiger partial charge is 0.336 e. The van der Waals surface area contributed by atoms with Crippen molar-refractivity contribution < 1.29 is 39.2 Å². The Labute approximate surface area is 163 Å². The Morgan fingerprint density at radius 1 is 1.21 bits per heavy atom. The molecule has 0 spiro atoms. The van der Waals surface area contributed by atoms with Crippen LogP contribution in [0.15, 0.2) is 24.3 Å². The van der Waals surface area contributed by atoms with Crippen LogP contribution in [0.3, 0.4) is 0 Å². The largest absolute Gasteiger partial charge is 0.466 e. The molecule has 0 bridgehead atoms. The summed E-state index contributed by atoms with van der Waals surface area (Å²) in [5.74, 6) is -3.82. The minimum Gasteiger partial charge on any atom is -0.466 e. The zero-order valence-corrected chi connectivity index (χ0v) is 16.2. The molecule has 0 unspecified atom stereocenters. The van der Waals surface area contributed by atoms with E-state index in [9.17, 15) is 24.6 Å². The number of esters is 2. The second-order valence-electron chi connectivity index (χ2n) is 7.87. The van der Waals surface area contributed by atoms with Crippen molar-refractivity contribution in [1.82, 2.24) is 0 Å². The summed E-state index contributed by atoms with van der Waals surface area (Å²) in [5.41, 5.74) is -1.19. The van der Waals surface area contributed by atoms with Gasteiger partial charge in [0.25, 0.3) is 0 Å². The van der Waals surface area contributed by atoms with Crippen LogP contribution in [-0.4, -0.2) is 65.6 Å². The van der Waals surface area contributed by atoms with Gasteiger partial charge in [-0.25, -0.2) is 9.59 Å². The summed E-state index contributed by atoms with van der Waals surface area (Å²) in [4.78, 5) is 35.9. The van der Waals surface area contributed by atoms with Gasteiger partial charge < -0.3 is 29.6 Å². The highest BCUT2D eigenvalue weighted by Gasteiger charge is 2.59. The van der Waals surface area contributed by atoms with Crippen molar-refractivity contribution in [2.75, 3.05) is 13.7 Å². The van der Waals surface area contributed by atoms with E-state index < -0.39 is 60.0 Å². The Balaban J connectivity index is 2.47. The summed E-state index contributed by atoms with van der Waals surface area (Å²) in [6.45, 7) is 8.26. The molecule has 28 heavy (non-hydrogen) atoms. The Morgan fingerprint density at radius 2 is 1.86 bits per heavy atom. The number of carbonyl (C=O) groups is 3. The number of hydrogen-bond acceptors (Lipinski definition) is 8. The molecule has 0 amide bonds. The summed E-state index contributed by atoms with van der Waals surface area (Å²) in [7, 11) is 1.17. The maximum absolute atomic E-state index is 12.2. The SMILES string of the molecule is C=C(CO)C(=O)O[C@H]1C[C@]2(C)[C@@H]([C@@H](O)[C@@H]1C(=C)C(=O)OC)[C@H](C=O)CC[C@H]2O. The normalized spacial score (nSPS) is 37.3. The molecule has 3 N–H and O–H groups in total. The number of methoxy groups -OCH3 is 1. The quantitative estimate of drug-likeness (QED) is 0.329. The van der Waals surface area contributed by atoms with E-state index in [2.05, 4.69) is 13.2 Å². The number of aliphatic hydroxyl groups excluding tert-OH is 3. The lowest BCUT2D eigenvalue weighted by molar-refractivity contribution is -0.197. The first-order valence-electron chi connectivity index (χ1n) is 9.20. The number of aldehydes is 1. The van der Waals surface area contributed by atoms with Crippen LogP contribution >= 0.6 is 0 Å². The summed E-state index contributed by atoms with van der Waals surface area (Å²) in [5, 5.41) is 30.9. The number of carbonyl (C=O) groups excluding carboxylic acids is 3. The maximum atomic E-state index is 12.2. The molecule has 7 atom stereocenters. The molecule has 0 aromatic heterocycles. The van der Waals surface area contributed by atoms with Crippen molar-refractivity contribution >= 4 is 18.2 Å². The van der Waals surface area contributed by atoms with Crippen molar-refractivity contribution in [2.45, 2.75) is 44.5 Å². The van der Waals surface area contributed by atoms with E-state index in [1.165, 1.54) is 7.11 Å². The van der Waals surface area contributed by atoms with Crippen LogP contribution in [0.2, 0.25) is 0 Å². The van der Waals surface area contributed by atoms with Gasteiger partial charge in [0.2, 0.25) is 0 Å². The zero-order valence-electron chi connectivity index (χ0n) is 16.2. The third-order valence-corrected chi connectivity index (χ3v) is 6.30. The van der Waals surface area contributed by atoms with E-state index in [0.29, 0.717) is 12.8 Å². The predicted octanol–water partition coefficient (Wildman–Crippen LogP) is 0.149. The topological polar surface area (TPSA) is 130 Å². The minimum absolute atomic E-state index is 0.0887. The van der Waals surface area contributed by atoms with Gasteiger partial charge in [0.15, 0.2) is 0 Å². The molecular weight excluding hydrogens is 368 g/mol. The Bertz CT molecular complexity index is 671. The third kappa shape index (κ3) is 3.76. The van der Waals surface area contributed by atoms with Crippen LogP contribution in [0.4, 0.5) is 0 Å². The Kier molecular flexibility index (Phi) is 6.80. The number of ether oxygens (including phenoxy) is 2. The van der Waals surface area contributed by atoms with Gasteiger partial charge in [0, 0.05) is 22.8 Å². The summed E-state index contributed by atoms with van der Waals surface area (Å²) >= 11 is 0. The lowest BCUT2D eigenvalue weighted by Crippen LogP contribution is -2.61. The Hall–Kier alpha value is -2.03. The van der Waals surface area contributed by atoms with Gasteiger partial charge in [0.05, 0.1) is 37.4 Å². The van der Waals surface area contributed by atoms with Gasteiger partial charge in [-0.1, -0.05) is 20.1 Å². The molecule has 2 rings (SSSR count). The van der Waals surface area contributed by atoms with Gasteiger partial charge in [-0.3, -0.25) is 0 Å². The van der Waals surface area contributed by atoms with Crippen molar-refractivity contribution in [1.29, 1.82) is 0 Å². The van der Waals surface area contributed by atoms with E-state index in [4.69, 9.17) is 14.6 Å². The van der Waals surface area contributed by atoms with Crippen molar-refractivity contribution in [3.63, 3.8) is 0 Å². The first kappa shape index (κ1) is 22.3. The maximum Gasteiger partial charge on any atom is 0.336 e. The van der Waals surface area contributed by atoms with Crippen LogP contribution in [0.1, 0.15) is 26.2 Å². The predicted molar refractivity (Wildman–Crippen MR) is 97.8 cm³/mol. The standard InChI is InChI=1S/C20H28O8/c1-10(8-21)18(25)28-13-7-20(3)14(23)6-5-12(9-22)16(20)17(24)15(13)11(2)19(26)27-4/h9,12-17,21,23-24H,1-2,5-8H2,3-4H3/t12-,13-,14+,15+,16+,17-,20-/m0/s1. The van der Waals surface area contributed by atoms with E-state index in [0.717, 1.165) is 6.29 Å². The Morgan fingerprint density at radius 3 is 2.39 bits per heavy atom. The fourth-order valence-electron chi connectivity index (χ4n) is 4.74. The molecule has 0 aromatic rings. The lowest BCUT2D eigenvalue weighted by atomic mass is 9.51. The minimum atomic E-state index is -1.27. The van der Waals surface area contributed by atoms with Crippen molar-refractivity contribution in [2.24, 2.45) is 23.2 Å². The summed E-state index contributed by atoms with van der Waals surface area (Å²) in [6.07, 6.45) is -1.46. The average molecular weight is 396 g/mol. The molecule has 8 nitrogen and oxygen atoms in total. The third-order valence-electron chi connectivity index (χ3n) is 6.30. The highest BCUT2D eigenvalue weighted by molar-refractivity contribution is 5.89. The number of fused-ring (bicyclic) bond motifs is 1. The first-order valence-corrected chi connectivity index (χ1v) is 9.20. The summed E-state index contributed by atoms with van der Waals surface area (Å²) in [6, 6.07) is 0. The molecule has 2 fully saturated rings. The fraction of sp³-hybridized carbons (Fsp3) is 0.650. The number of hydrogen-bond donors (Lipinski definition) is 3. The second kappa shape index (κ2) is 8.55. The number of aliphatic hydroxyl groups is 3. The second-order valence-corrected chi connectivity index (χ2v) is 7.87. The van der Waals surface area contributed by atoms with Gasteiger partial charge in [-0.15, -0.1) is 0 Å². The van der Waals surface area contributed by atoms with Gasteiger partial charge in [-0.2, -0.15) is 0 Å². The molecule has 0 radical (unpaired) electrons. The molecule has 0 aromatic carbocycles. The van der Waals surface area contributed by atoms with Crippen molar-refractivity contribution in [3.8, 4) is 0 Å². The lowest BCUT2D eigenvalue weighted by Gasteiger charge is -2.56. The van der Waals surface area contributed by atoms with E-state index >= 15 is 0 Å². The molecular formula is C20H28O8. The first-order chi connectivity index (χ1) is 13.1. The molecule has 2 aliphatic carbocycles. The van der Waals surface area contributed by atoms with Crippen molar-refractivity contribution in [3.05, 3.63) is 24.3 Å². The molecule has 8 heteroatoms. The highest BCUT2D eigenvalue weighted by Crippen LogP contribution is 2.55. The monoisotopic (exact) mass is 396 g/mol. The van der Waals surface area contributed by atoms with Gasteiger partial charge in [0.1, 0.15) is 12.4 Å². The van der Waals surface area contributed by atoms with Crippen LogP contribution in [0, 0.1) is 23.2 Å². The molecule has 2 saturated carbocycles. The zero-order chi connectivity index (χ0) is 21.2. The van der Waals surface area contributed by atoms with Crippen LogP contribution < -0.4 is 0 Å². The molecule has 156 valence electrons.